The molecule has 1 aromatic heterocycles. The maximum atomic E-state index is 10.5. The minimum Gasteiger partial charge on any atom is -0.472 e. The van der Waals surface area contributed by atoms with Crippen LogP contribution in [-0.2, 0) is 0 Å². The van der Waals surface area contributed by atoms with Crippen molar-refractivity contribution in [1.29, 1.82) is 5.26 Å². The molecule has 1 aliphatic rings. The molecule has 16 heavy (non-hydrogen) atoms. The van der Waals surface area contributed by atoms with Gasteiger partial charge >= 0.3 is 5.69 Å². The lowest BCUT2D eigenvalue weighted by molar-refractivity contribution is -0.385. The van der Waals surface area contributed by atoms with Gasteiger partial charge in [0.2, 0.25) is 11.6 Å². The number of ether oxygens (including phenoxy) is 1. The largest absolute Gasteiger partial charge is 0.472 e. The lowest BCUT2D eigenvalue weighted by Gasteiger charge is -2.27. The molecule has 7 nitrogen and oxygen atoms in total. The van der Waals surface area contributed by atoms with Crippen LogP contribution in [0.3, 0.4) is 0 Å². The van der Waals surface area contributed by atoms with E-state index in [2.05, 4.69) is 10.3 Å². The van der Waals surface area contributed by atoms with Crippen LogP contribution < -0.4 is 10.1 Å². The average molecular weight is 220 g/mol. The average Bonchev–Trinajstić information content (AvgIpc) is 2.23. The van der Waals surface area contributed by atoms with Gasteiger partial charge in [-0.25, -0.2) is 0 Å². The van der Waals surface area contributed by atoms with Crippen molar-refractivity contribution in [2.24, 2.45) is 0 Å². The monoisotopic (exact) mass is 220 g/mol. The topological polar surface area (TPSA) is 101 Å². The molecule has 0 aromatic carbocycles. The van der Waals surface area contributed by atoms with Crippen molar-refractivity contribution in [3.8, 4) is 11.9 Å². The fraction of sp³-hybridized carbons (Fsp3) is 0.333. The van der Waals surface area contributed by atoms with E-state index in [4.69, 9.17) is 10.00 Å². The maximum absolute atomic E-state index is 10.5. The molecular formula is C9H8N4O3. The number of nitriles is 1. The summed E-state index contributed by atoms with van der Waals surface area (Å²) in [4.78, 5) is 13.7. The Balaban J connectivity index is 2.22. The van der Waals surface area contributed by atoms with Gasteiger partial charge in [-0.2, -0.15) is 10.2 Å². The summed E-state index contributed by atoms with van der Waals surface area (Å²) >= 11 is 0. The number of nitrogens with zero attached hydrogens (tertiary/aromatic N) is 3. The SMILES string of the molecule is N#Cc1nc(OC2CNC2)ccc1[N+](=O)[O-]. The lowest BCUT2D eigenvalue weighted by atomic mass is 10.2. The molecule has 1 fully saturated rings. The van der Waals surface area contributed by atoms with E-state index in [-0.39, 0.29) is 23.4 Å². The van der Waals surface area contributed by atoms with E-state index >= 15 is 0 Å². The minimum absolute atomic E-state index is 0.0282. The van der Waals surface area contributed by atoms with Gasteiger partial charge in [0.05, 0.1) is 4.92 Å². The molecule has 1 N–H and O–H groups in total. The molecular weight excluding hydrogens is 212 g/mol. The van der Waals surface area contributed by atoms with Crippen molar-refractivity contribution in [1.82, 2.24) is 10.3 Å². The number of hydrogen-bond acceptors (Lipinski definition) is 6. The molecule has 0 unspecified atom stereocenters. The van der Waals surface area contributed by atoms with E-state index in [9.17, 15) is 10.1 Å². The molecule has 0 aliphatic carbocycles. The van der Waals surface area contributed by atoms with Gasteiger partial charge in [0.15, 0.2) is 0 Å². The predicted octanol–water partition coefficient (Wildman–Crippen LogP) is 0.212. The summed E-state index contributed by atoms with van der Waals surface area (Å²) in [6.07, 6.45) is 0.0282. The second kappa shape index (κ2) is 4.12. The normalized spacial score (nSPS) is 14.9. The first kappa shape index (κ1) is 10.3. The Bertz CT molecular complexity index is 464. The van der Waals surface area contributed by atoms with Crippen molar-refractivity contribution >= 4 is 5.69 Å². The fourth-order valence-corrected chi connectivity index (χ4v) is 1.25. The molecule has 0 amide bonds. The first-order valence-corrected chi connectivity index (χ1v) is 4.63. The summed E-state index contributed by atoms with van der Waals surface area (Å²) in [6.45, 7) is 1.45. The van der Waals surface area contributed by atoms with E-state index in [1.54, 1.807) is 6.07 Å². The zero-order valence-corrected chi connectivity index (χ0v) is 8.21. The highest BCUT2D eigenvalue weighted by Crippen LogP contribution is 2.20. The summed E-state index contributed by atoms with van der Waals surface area (Å²) in [5.41, 5.74) is -0.531. The highest BCUT2D eigenvalue weighted by molar-refractivity contribution is 5.45. The minimum atomic E-state index is -0.639. The van der Waals surface area contributed by atoms with Gasteiger partial charge in [-0.1, -0.05) is 0 Å². The Labute approximate surface area is 90.8 Å². The zero-order valence-electron chi connectivity index (χ0n) is 8.21. The second-order valence-corrected chi connectivity index (χ2v) is 3.28. The Hall–Kier alpha value is -2.20. The molecule has 0 spiro atoms. The molecule has 0 saturated carbocycles. The van der Waals surface area contributed by atoms with Crippen molar-refractivity contribution < 1.29 is 9.66 Å². The van der Waals surface area contributed by atoms with Gasteiger partial charge < -0.3 is 10.1 Å². The molecule has 2 heterocycles. The quantitative estimate of drug-likeness (QED) is 0.577. The van der Waals surface area contributed by atoms with Gasteiger partial charge in [0, 0.05) is 25.2 Å². The van der Waals surface area contributed by atoms with E-state index in [0.29, 0.717) is 0 Å². The molecule has 1 aromatic rings. The Kier molecular flexibility index (Phi) is 2.66. The highest BCUT2D eigenvalue weighted by Gasteiger charge is 2.21. The van der Waals surface area contributed by atoms with E-state index in [1.807, 2.05) is 0 Å². The summed E-state index contributed by atoms with van der Waals surface area (Å²) in [6, 6.07) is 4.31. The molecule has 0 radical (unpaired) electrons. The number of nitrogens with one attached hydrogen (secondary N) is 1. The van der Waals surface area contributed by atoms with Gasteiger partial charge in [-0.15, -0.1) is 0 Å². The maximum Gasteiger partial charge on any atom is 0.305 e. The van der Waals surface area contributed by atoms with E-state index in [0.717, 1.165) is 13.1 Å². The van der Waals surface area contributed by atoms with Crippen molar-refractivity contribution in [3.05, 3.63) is 27.9 Å². The first-order chi connectivity index (χ1) is 7.70. The summed E-state index contributed by atoms with van der Waals surface area (Å²) in [7, 11) is 0. The van der Waals surface area contributed by atoms with Crippen molar-refractivity contribution in [2.45, 2.75) is 6.10 Å². The third-order valence-corrected chi connectivity index (χ3v) is 2.18. The predicted molar refractivity (Wildman–Crippen MR) is 52.9 cm³/mol. The number of nitro groups is 1. The van der Waals surface area contributed by atoms with E-state index < -0.39 is 4.92 Å². The summed E-state index contributed by atoms with van der Waals surface area (Å²) < 4.78 is 5.38. The number of rotatable bonds is 3. The molecule has 0 bridgehead atoms. The zero-order chi connectivity index (χ0) is 11.5. The van der Waals surface area contributed by atoms with Crippen LogP contribution in [0.4, 0.5) is 5.69 Å². The standard InChI is InChI=1S/C9H8N4O3/c10-3-7-8(13(14)15)1-2-9(12-7)16-6-4-11-5-6/h1-2,6,11H,4-5H2. The van der Waals surface area contributed by atoms with Gasteiger partial charge in [-0.05, 0) is 0 Å². The summed E-state index contributed by atoms with van der Waals surface area (Å²) in [5.74, 6) is 0.244. The molecule has 2 rings (SSSR count). The molecule has 0 atom stereocenters. The molecule has 1 aliphatic heterocycles. The molecule has 7 heteroatoms. The van der Waals surface area contributed by atoms with Gasteiger partial charge in [0.25, 0.3) is 0 Å². The third kappa shape index (κ3) is 1.92. The van der Waals surface area contributed by atoms with Crippen LogP contribution in [-0.4, -0.2) is 29.1 Å². The Morgan fingerprint density at radius 2 is 2.38 bits per heavy atom. The van der Waals surface area contributed by atoms with Crippen LogP contribution in [0, 0.1) is 21.4 Å². The van der Waals surface area contributed by atoms with Gasteiger partial charge in [0.1, 0.15) is 12.2 Å². The van der Waals surface area contributed by atoms with Crippen molar-refractivity contribution in [2.75, 3.05) is 13.1 Å². The third-order valence-electron chi connectivity index (χ3n) is 2.18. The Morgan fingerprint density at radius 1 is 1.62 bits per heavy atom. The Morgan fingerprint density at radius 3 is 2.88 bits per heavy atom. The van der Waals surface area contributed by atoms with Crippen LogP contribution in [0.1, 0.15) is 5.69 Å². The number of aromatic nitrogens is 1. The van der Waals surface area contributed by atoms with Crippen LogP contribution in [0.15, 0.2) is 12.1 Å². The molecule has 1 saturated heterocycles. The van der Waals surface area contributed by atoms with Crippen LogP contribution in [0.5, 0.6) is 5.88 Å². The van der Waals surface area contributed by atoms with Gasteiger partial charge in [-0.3, -0.25) is 10.1 Å². The highest BCUT2D eigenvalue weighted by atomic mass is 16.6. The number of hydrogen-bond donors (Lipinski definition) is 1. The van der Waals surface area contributed by atoms with Crippen LogP contribution in [0.2, 0.25) is 0 Å². The first-order valence-electron chi connectivity index (χ1n) is 4.63. The summed E-state index contributed by atoms with van der Waals surface area (Å²) in [5, 5.41) is 22.3. The lowest BCUT2D eigenvalue weighted by Crippen LogP contribution is -2.50. The molecule has 82 valence electrons. The second-order valence-electron chi connectivity index (χ2n) is 3.28. The number of pyridine rings is 1. The van der Waals surface area contributed by atoms with Crippen molar-refractivity contribution in [3.63, 3.8) is 0 Å². The smallest absolute Gasteiger partial charge is 0.305 e. The fourth-order valence-electron chi connectivity index (χ4n) is 1.25. The van der Waals surface area contributed by atoms with Crippen LogP contribution >= 0.6 is 0 Å². The van der Waals surface area contributed by atoms with E-state index in [1.165, 1.54) is 12.1 Å². The van der Waals surface area contributed by atoms with Crippen LogP contribution in [0.25, 0.3) is 0 Å².